The van der Waals surface area contributed by atoms with Gasteiger partial charge in [-0.1, -0.05) is 13.0 Å². The van der Waals surface area contributed by atoms with E-state index in [1.807, 2.05) is 43.5 Å². The number of pyridine rings is 2. The predicted molar refractivity (Wildman–Crippen MR) is 157 cm³/mol. The van der Waals surface area contributed by atoms with E-state index in [2.05, 4.69) is 41.3 Å². The minimum Gasteiger partial charge on any atom is -0.473 e. The maximum atomic E-state index is 12.5. The van der Waals surface area contributed by atoms with Crippen LogP contribution >= 0.6 is 0 Å². The van der Waals surface area contributed by atoms with E-state index in [1.54, 1.807) is 11.1 Å². The van der Waals surface area contributed by atoms with Gasteiger partial charge in [0, 0.05) is 29.8 Å². The van der Waals surface area contributed by atoms with Crippen molar-refractivity contribution in [2.75, 3.05) is 41.4 Å². The molecule has 0 unspecified atom stereocenters. The molecule has 7 rings (SSSR count). The highest BCUT2D eigenvalue weighted by Gasteiger charge is 2.55. The fourth-order valence-corrected chi connectivity index (χ4v) is 6.33. The van der Waals surface area contributed by atoms with Gasteiger partial charge in [-0.05, 0) is 58.4 Å². The summed E-state index contributed by atoms with van der Waals surface area (Å²) in [5.74, 6) is 3.07. The van der Waals surface area contributed by atoms with E-state index in [1.165, 1.54) is 0 Å². The maximum Gasteiger partial charge on any atom is 0.415 e. The van der Waals surface area contributed by atoms with Crippen LogP contribution in [0, 0.1) is 0 Å². The molecule has 3 fully saturated rings. The Morgan fingerprint density at radius 1 is 1.07 bits per heavy atom. The van der Waals surface area contributed by atoms with E-state index < -0.39 is 0 Å². The topological polar surface area (TPSA) is 127 Å². The first-order valence-corrected chi connectivity index (χ1v) is 14.5. The van der Waals surface area contributed by atoms with Crippen molar-refractivity contribution in [1.82, 2.24) is 25.3 Å². The second-order valence-electron chi connectivity index (χ2n) is 12.4. The Bertz CT molecular complexity index is 1490. The van der Waals surface area contributed by atoms with Gasteiger partial charge in [0.2, 0.25) is 11.8 Å². The molecule has 1 amide bonds. The number of hydrogen-bond donors (Lipinski definition) is 2. The van der Waals surface area contributed by atoms with Gasteiger partial charge in [-0.3, -0.25) is 4.90 Å². The molecule has 3 aromatic heterocycles. The normalized spacial score (nSPS) is 27.9. The lowest BCUT2D eigenvalue weighted by molar-refractivity contribution is -0.0893. The Labute approximate surface area is 244 Å². The van der Waals surface area contributed by atoms with Crippen LogP contribution in [0.2, 0.25) is 0 Å². The second-order valence-corrected chi connectivity index (χ2v) is 12.4. The zero-order valence-corrected chi connectivity index (χ0v) is 24.3. The summed E-state index contributed by atoms with van der Waals surface area (Å²) in [5.41, 5.74) is 1.08. The Hall–Kier alpha value is -4.03. The second kappa shape index (κ2) is 10.1. The standard InChI is InChI=1S/C30H36N8O4/c1-18-16-40-28(39)37(18)23-6-5-7-24(35-23)38-22-12-29(2,3)41-17-30(22,4)21-15-33-27(36-26(21)38)34-19-8-9-25(32-13-19)42-20-10-11-31-14-20/h5-9,13,15,18,20,22,31H,10-12,14,16-17H2,1-4H3,(H,33,34,36)/t18-,20+,22-,30-/m0/s1. The van der Waals surface area contributed by atoms with Gasteiger partial charge in [0.1, 0.15) is 30.2 Å². The fraction of sp³-hybridized carbons (Fsp3) is 0.500. The van der Waals surface area contributed by atoms with E-state index in [0.717, 1.165) is 43.0 Å². The van der Waals surface area contributed by atoms with Crippen LogP contribution in [0.25, 0.3) is 0 Å². The highest BCUT2D eigenvalue weighted by Crippen LogP contribution is 2.53. The molecule has 4 aliphatic rings. The molecule has 12 heteroatoms. The maximum absolute atomic E-state index is 12.5. The first kappa shape index (κ1) is 26.8. The molecule has 0 spiro atoms. The minimum atomic E-state index is -0.384. The molecule has 7 heterocycles. The molecular formula is C30H36N8O4. The van der Waals surface area contributed by atoms with Crippen LogP contribution < -0.4 is 25.2 Å². The number of carbonyl (C=O) groups excluding carboxylic acids is 1. The molecule has 4 atom stereocenters. The first-order valence-electron chi connectivity index (χ1n) is 14.5. The highest BCUT2D eigenvalue weighted by molar-refractivity contribution is 5.89. The van der Waals surface area contributed by atoms with Gasteiger partial charge in [-0.2, -0.15) is 4.98 Å². The van der Waals surface area contributed by atoms with Crippen molar-refractivity contribution in [2.24, 2.45) is 0 Å². The fourth-order valence-electron chi connectivity index (χ4n) is 6.33. The molecule has 3 aromatic rings. The number of rotatable bonds is 6. The molecule has 0 radical (unpaired) electrons. The number of hydrogen-bond acceptors (Lipinski definition) is 11. The zero-order chi connectivity index (χ0) is 29.1. The third-order valence-electron chi connectivity index (χ3n) is 8.70. The van der Waals surface area contributed by atoms with E-state index >= 15 is 0 Å². The van der Waals surface area contributed by atoms with Gasteiger partial charge in [0.25, 0.3) is 0 Å². The summed E-state index contributed by atoms with van der Waals surface area (Å²) >= 11 is 0. The molecule has 0 saturated carbocycles. The molecular weight excluding hydrogens is 536 g/mol. The van der Waals surface area contributed by atoms with Crippen LogP contribution in [0.3, 0.4) is 0 Å². The summed E-state index contributed by atoms with van der Waals surface area (Å²) in [6.07, 6.45) is 5.12. The average Bonchev–Trinajstić information content (AvgIpc) is 3.66. The number of fused-ring (bicyclic) bond motifs is 3. The predicted octanol–water partition coefficient (Wildman–Crippen LogP) is 4.07. The highest BCUT2D eigenvalue weighted by atomic mass is 16.6. The lowest BCUT2D eigenvalue weighted by Gasteiger charge is -2.46. The van der Waals surface area contributed by atoms with E-state index in [9.17, 15) is 4.79 Å². The Balaban J connectivity index is 1.22. The average molecular weight is 573 g/mol. The van der Waals surface area contributed by atoms with Crippen molar-refractivity contribution in [3.63, 3.8) is 0 Å². The first-order chi connectivity index (χ1) is 20.2. The summed E-state index contributed by atoms with van der Waals surface area (Å²) in [6, 6.07) is 9.42. The Morgan fingerprint density at radius 2 is 1.90 bits per heavy atom. The minimum absolute atomic E-state index is 0.0229. The van der Waals surface area contributed by atoms with Crippen LogP contribution in [0.15, 0.2) is 42.7 Å². The van der Waals surface area contributed by atoms with Gasteiger partial charge < -0.3 is 29.7 Å². The van der Waals surface area contributed by atoms with Gasteiger partial charge in [-0.15, -0.1) is 0 Å². The lowest BCUT2D eigenvalue weighted by Crippen LogP contribution is -2.54. The Morgan fingerprint density at radius 3 is 2.62 bits per heavy atom. The van der Waals surface area contributed by atoms with E-state index in [-0.39, 0.29) is 35.3 Å². The molecule has 42 heavy (non-hydrogen) atoms. The monoisotopic (exact) mass is 572 g/mol. The van der Waals surface area contributed by atoms with E-state index in [0.29, 0.717) is 36.7 Å². The summed E-state index contributed by atoms with van der Waals surface area (Å²) in [5, 5.41) is 6.60. The van der Waals surface area contributed by atoms with Crippen LogP contribution in [0.1, 0.15) is 46.1 Å². The number of anilines is 5. The van der Waals surface area contributed by atoms with Crippen LogP contribution in [-0.2, 0) is 14.9 Å². The molecule has 12 nitrogen and oxygen atoms in total. The van der Waals surface area contributed by atoms with Crippen LogP contribution in [0.4, 0.5) is 33.9 Å². The smallest absolute Gasteiger partial charge is 0.415 e. The van der Waals surface area contributed by atoms with Crippen molar-refractivity contribution in [2.45, 2.75) is 69.7 Å². The number of aromatic nitrogens is 4. The molecule has 0 aliphatic carbocycles. The van der Waals surface area contributed by atoms with Crippen molar-refractivity contribution in [3.05, 3.63) is 48.3 Å². The number of amides is 1. The van der Waals surface area contributed by atoms with Crippen LogP contribution in [0.5, 0.6) is 5.88 Å². The number of nitrogens with one attached hydrogen (secondary N) is 2. The molecule has 0 aromatic carbocycles. The molecule has 4 aliphatic heterocycles. The van der Waals surface area contributed by atoms with Crippen molar-refractivity contribution in [3.8, 4) is 5.88 Å². The number of nitrogens with zero attached hydrogens (tertiary/aromatic N) is 6. The largest absolute Gasteiger partial charge is 0.473 e. The third-order valence-corrected chi connectivity index (χ3v) is 8.70. The van der Waals surface area contributed by atoms with Gasteiger partial charge in [0.15, 0.2) is 0 Å². The van der Waals surface area contributed by atoms with Gasteiger partial charge in [-0.25, -0.2) is 19.7 Å². The summed E-state index contributed by atoms with van der Waals surface area (Å²) < 4.78 is 17.6. The van der Waals surface area contributed by atoms with Crippen LogP contribution in [-0.4, -0.2) is 76.1 Å². The zero-order valence-electron chi connectivity index (χ0n) is 24.3. The van der Waals surface area contributed by atoms with Gasteiger partial charge in [0.05, 0.1) is 36.2 Å². The summed E-state index contributed by atoms with van der Waals surface area (Å²) in [6.45, 7) is 11.0. The van der Waals surface area contributed by atoms with Crippen molar-refractivity contribution in [1.29, 1.82) is 0 Å². The van der Waals surface area contributed by atoms with Gasteiger partial charge >= 0.3 is 6.09 Å². The quantitative estimate of drug-likeness (QED) is 0.444. The lowest BCUT2D eigenvalue weighted by atomic mass is 9.73. The Kier molecular flexibility index (Phi) is 6.43. The molecule has 3 saturated heterocycles. The molecule has 2 N–H and O–H groups in total. The van der Waals surface area contributed by atoms with Crippen molar-refractivity contribution < 1.29 is 19.0 Å². The number of carbonyl (C=O) groups is 1. The van der Waals surface area contributed by atoms with E-state index in [4.69, 9.17) is 29.2 Å². The third kappa shape index (κ3) is 4.68. The SMILES string of the molecule is C[C@H]1COC(=O)N1c1cccc(N2c3nc(Nc4ccc(O[C@@H]5CCNC5)nc4)ncc3[C@]3(C)COC(C)(C)C[C@H]23)n1. The number of cyclic esters (lactones) is 1. The summed E-state index contributed by atoms with van der Waals surface area (Å²) in [4.78, 5) is 35.4. The number of ether oxygens (including phenoxy) is 3. The summed E-state index contributed by atoms with van der Waals surface area (Å²) in [7, 11) is 0. The van der Waals surface area contributed by atoms with Crippen molar-refractivity contribution >= 4 is 35.2 Å². The molecule has 0 bridgehead atoms. The molecule has 220 valence electrons.